The van der Waals surface area contributed by atoms with E-state index in [2.05, 4.69) is 25.7 Å². The molecule has 0 radical (unpaired) electrons. The van der Waals surface area contributed by atoms with Crippen LogP contribution in [0.2, 0.25) is 0 Å². The highest BCUT2D eigenvalue weighted by molar-refractivity contribution is 5.50. The van der Waals surface area contributed by atoms with Crippen LogP contribution in [0.15, 0.2) is 0 Å². The average molecular weight is 265 g/mol. The summed E-state index contributed by atoms with van der Waals surface area (Å²) in [5.74, 6) is 4.10. The molecule has 2 rings (SSSR count). The van der Waals surface area contributed by atoms with E-state index < -0.39 is 0 Å². The Morgan fingerprint density at radius 2 is 2.11 bits per heavy atom. The Balaban J connectivity index is 1.76. The molecule has 2 fully saturated rings. The number of fused-ring (bicyclic) bond motifs is 1. The Hall–Kier alpha value is -0.370. The summed E-state index contributed by atoms with van der Waals surface area (Å²) in [6.45, 7) is 9.18. The maximum absolute atomic E-state index is 10.8. The number of hydrogen-bond donors (Lipinski definition) is 0. The van der Waals surface area contributed by atoms with Gasteiger partial charge in [-0.1, -0.05) is 27.2 Å². The van der Waals surface area contributed by atoms with Crippen LogP contribution < -0.4 is 0 Å². The molecule has 19 heavy (non-hydrogen) atoms. The lowest BCUT2D eigenvalue weighted by Gasteiger charge is -2.58. The minimum atomic E-state index is 0.488. The molecule has 0 N–H and O–H groups in total. The highest BCUT2D eigenvalue weighted by Gasteiger charge is 2.51. The predicted octanol–water partition coefficient (Wildman–Crippen LogP) is 3.75. The first-order valence-corrected chi connectivity index (χ1v) is 8.38. The molecular formula is C17H31NO. The summed E-state index contributed by atoms with van der Waals surface area (Å²) in [5, 5.41) is 0. The second-order valence-corrected chi connectivity index (χ2v) is 6.81. The van der Waals surface area contributed by atoms with Crippen molar-refractivity contribution in [2.24, 2.45) is 23.7 Å². The summed E-state index contributed by atoms with van der Waals surface area (Å²) in [4.78, 5) is 13.4. The van der Waals surface area contributed by atoms with E-state index >= 15 is 0 Å². The lowest BCUT2D eigenvalue weighted by atomic mass is 9.48. The number of aldehydes is 1. The minimum absolute atomic E-state index is 0.488. The van der Waals surface area contributed by atoms with Gasteiger partial charge in [0.15, 0.2) is 0 Å². The lowest BCUT2D eigenvalue weighted by molar-refractivity contribution is -0.109. The molecule has 5 atom stereocenters. The predicted molar refractivity (Wildman–Crippen MR) is 80.1 cm³/mol. The van der Waals surface area contributed by atoms with Crippen molar-refractivity contribution in [3.05, 3.63) is 0 Å². The molecule has 2 heteroatoms. The van der Waals surface area contributed by atoms with Crippen LogP contribution in [-0.2, 0) is 4.79 Å². The fourth-order valence-corrected chi connectivity index (χ4v) is 4.65. The number of nitrogens with zero attached hydrogens (tertiary/aromatic N) is 1. The zero-order valence-electron chi connectivity index (χ0n) is 13.0. The fraction of sp³-hybridized carbons (Fsp3) is 0.941. The molecule has 0 amide bonds. The van der Waals surface area contributed by atoms with Gasteiger partial charge in [-0.2, -0.15) is 0 Å². The molecule has 0 aromatic carbocycles. The van der Waals surface area contributed by atoms with Crippen molar-refractivity contribution in [1.29, 1.82) is 0 Å². The summed E-state index contributed by atoms with van der Waals surface area (Å²) in [6, 6.07) is 0.488. The van der Waals surface area contributed by atoms with Crippen LogP contribution in [0.1, 0.15) is 59.3 Å². The quantitative estimate of drug-likeness (QED) is 0.592. The number of carbonyl (C=O) groups is 1. The SMILES string of the molecule is CCCC(CC=O)N(CC)CC[C@H]1C[C@H]2C[C@@H](C)C12. The summed E-state index contributed by atoms with van der Waals surface area (Å²) in [5.41, 5.74) is 0. The number of rotatable bonds is 9. The molecule has 0 bridgehead atoms. The third-order valence-corrected chi connectivity index (χ3v) is 5.73. The van der Waals surface area contributed by atoms with Crippen molar-refractivity contribution < 1.29 is 4.79 Å². The molecule has 0 aromatic rings. The van der Waals surface area contributed by atoms with Crippen molar-refractivity contribution in [1.82, 2.24) is 4.90 Å². The van der Waals surface area contributed by atoms with Gasteiger partial charge in [0.25, 0.3) is 0 Å². The van der Waals surface area contributed by atoms with E-state index in [1.54, 1.807) is 0 Å². The monoisotopic (exact) mass is 265 g/mol. The normalized spacial score (nSPS) is 34.3. The van der Waals surface area contributed by atoms with Crippen molar-refractivity contribution in [3.8, 4) is 0 Å². The first kappa shape index (κ1) is 15.0. The molecule has 2 unspecified atom stereocenters. The first-order chi connectivity index (χ1) is 9.21. The van der Waals surface area contributed by atoms with Gasteiger partial charge in [0.1, 0.15) is 6.29 Å². The van der Waals surface area contributed by atoms with E-state index in [-0.39, 0.29) is 0 Å². The molecule has 2 aliphatic carbocycles. The third-order valence-electron chi connectivity index (χ3n) is 5.73. The van der Waals surface area contributed by atoms with E-state index in [0.717, 1.165) is 42.9 Å². The van der Waals surface area contributed by atoms with Gasteiger partial charge in [-0.3, -0.25) is 0 Å². The fourth-order valence-electron chi connectivity index (χ4n) is 4.65. The van der Waals surface area contributed by atoms with E-state index in [1.807, 2.05) is 0 Å². The van der Waals surface area contributed by atoms with Crippen LogP contribution in [0.25, 0.3) is 0 Å². The lowest BCUT2D eigenvalue weighted by Crippen LogP contribution is -2.51. The van der Waals surface area contributed by atoms with Gasteiger partial charge < -0.3 is 9.69 Å². The van der Waals surface area contributed by atoms with Crippen LogP contribution in [0, 0.1) is 23.7 Å². The molecule has 0 spiro atoms. The van der Waals surface area contributed by atoms with Crippen LogP contribution in [0.5, 0.6) is 0 Å². The van der Waals surface area contributed by atoms with Gasteiger partial charge >= 0.3 is 0 Å². The van der Waals surface area contributed by atoms with Crippen LogP contribution >= 0.6 is 0 Å². The second kappa shape index (κ2) is 6.88. The minimum Gasteiger partial charge on any atom is -0.303 e. The van der Waals surface area contributed by atoms with Crippen molar-refractivity contribution >= 4 is 6.29 Å². The standard InChI is InChI=1S/C17H31NO/c1-4-6-16(8-10-19)18(5-2)9-7-14-12-15-11-13(3)17(14)15/h10,13-17H,4-9,11-12H2,1-3H3/t13-,14+,15-,16?,17?/m1/s1. The third kappa shape index (κ3) is 3.21. The van der Waals surface area contributed by atoms with Gasteiger partial charge in [-0.05, 0) is 62.4 Å². The van der Waals surface area contributed by atoms with E-state index in [4.69, 9.17) is 0 Å². The molecule has 2 nitrogen and oxygen atoms in total. The number of hydrogen-bond acceptors (Lipinski definition) is 2. The molecule has 0 aromatic heterocycles. The van der Waals surface area contributed by atoms with Crippen LogP contribution in [0.4, 0.5) is 0 Å². The van der Waals surface area contributed by atoms with Crippen molar-refractivity contribution in [2.75, 3.05) is 13.1 Å². The Bertz CT molecular complexity index is 287. The highest BCUT2D eigenvalue weighted by atomic mass is 16.1. The van der Waals surface area contributed by atoms with Gasteiger partial charge in [0.05, 0.1) is 0 Å². The first-order valence-electron chi connectivity index (χ1n) is 8.38. The molecule has 0 aliphatic heterocycles. The van der Waals surface area contributed by atoms with E-state index in [0.29, 0.717) is 6.04 Å². The molecule has 110 valence electrons. The maximum atomic E-state index is 10.8. The van der Waals surface area contributed by atoms with Gasteiger partial charge in [-0.15, -0.1) is 0 Å². The largest absolute Gasteiger partial charge is 0.303 e. The van der Waals surface area contributed by atoms with Gasteiger partial charge in [0, 0.05) is 12.5 Å². The Morgan fingerprint density at radius 3 is 2.63 bits per heavy atom. The average Bonchev–Trinajstić information content (AvgIpc) is 2.37. The molecule has 0 heterocycles. The summed E-state index contributed by atoms with van der Waals surface area (Å²) in [6.07, 6.45) is 8.50. The van der Waals surface area contributed by atoms with Crippen molar-refractivity contribution in [3.63, 3.8) is 0 Å². The Kier molecular flexibility index (Phi) is 5.44. The van der Waals surface area contributed by atoms with Gasteiger partial charge in [0.2, 0.25) is 0 Å². The van der Waals surface area contributed by atoms with E-state index in [9.17, 15) is 4.79 Å². The highest BCUT2D eigenvalue weighted by Crippen LogP contribution is 2.58. The summed E-state index contributed by atoms with van der Waals surface area (Å²) in [7, 11) is 0. The second-order valence-electron chi connectivity index (χ2n) is 6.81. The van der Waals surface area contributed by atoms with Gasteiger partial charge in [-0.25, -0.2) is 0 Å². The number of carbonyl (C=O) groups excluding carboxylic acids is 1. The molecule has 2 saturated carbocycles. The topological polar surface area (TPSA) is 20.3 Å². The smallest absolute Gasteiger partial charge is 0.121 e. The van der Waals surface area contributed by atoms with E-state index in [1.165, 1.54) is 38.6 Å². The Labute approximate surface area is 118 Å². The summed E-state index contributed by atoms with van der Waals surface area (Å²) >= 11 is 0. The Morgan fingerprint density at radius 1 is 1.32 bits per heavy atom. The molecule has 0 saturated heterocycles. The van der Waals surface area contributed by atoms with Crippen LogP contribution in [0.3, 0.4) is 0 Å². The summed E-state index contributed by atoms with van der Waals surface area (Å²) < 4.78 is 0. The van der Waals surface area contributed by atoms with Crippen LogP contribution in [-0.4, -0.2) is 30.3 Å². The maximum Gasteiger partial charge on any atom is 0.121 e. The zero-order valence-corrected chi connectivity index (χ0v) is 13.0. The van der Waals surface area contributed by atoms with Crippen molar-refractivity contribution in [2.45, 2.75) is 65.3 Å². The zero-order chi connectivity index (χ0) is 13.8. The molecular weight excluding hydrogens is 234 g/mol. The molecule has 2 aliphatic rings.